The molecule has 0 aromatic carbocycles. The van der Waals surface area contributed by atoms with E-state index in [-0.39, 0.29) is 18.5 Å². The van der Waals surface area contributed by atoms with E-state index in [4.69, 9.17) is 4.74 Å². The van der Waals surface area contributed by atoms with Crippen molar-refractivity contribution in [2.24, 2.45) is 14.1 Å². The van der Waals surface area contributed by atoms with Crippen LogP contribution in [0, 0.1) is 20.2 Å². The molecule has 0 saturated carbocycles. The van der Waals surface area contributed by atoms with Gasteiger partial charge in [0.05, 0.1) is 20.6 Å². The first-order valence-electron chi connectivity index (χ1n) is 14.4. The molecule has 0 aliphatic carbocycles. The Kier molecular flexibility index (Phi) is 23.2. The van der Waals surface area contributed by atoms with Gasteiger partial charge in [0, 0.05) is 13.6 Å². The van der Waals surface area contributed by atoms with Gasteiger partial charge in [-0.1, -0.05) is 57.4 Å². The molecule has 0 radical (unpaired) electrons. The molecule has 242 valence electrons. The summed E-state index contributed by atoms with van der Waals surface area (Å²) in [5, 5.41) is 24.1. The van der Waals surface area contributed by atoms with Gasteiger partial charge in [0.15, 0.2) is 12.3 Å². The average molecular weight is 600 g/mol. The van der Waals surface area contributed by atoms with Gasteiger partial charge in [0.1, 0.15) is 18.1 Å². The van der Waals surface area contributed by atoms with E-state index in [0.29, 0.717) is 18.8 Å². The quantitative estimate of drug-likeness (QED) is 0.247. The normalized spacial score (nSPS) is 9.98. The number of nitrogens with zero attached hydrogens (tertiary/aromatic N) is 8. The number of aromatic nitrogens is 4. The van der Waals surface area contributed by atoms with E-state index in [1.54, 1.807) is 20.3 Å². The molecule has 15 heteroatoms. The van der Waals surface area contributed by atoms with E-state index in [0.717, 1.165) is 31.6 Å². The molecule has 0 spiro atoms. The summed E-state index contributed by atoms with van der Waals surface area (Å²) in [7, 11) is 8.76. The Balaban J connectivity index is 0. The lowest BCUT2D eigenvalue weighted by Gasteiger charge is -2.15. The van der Waals surface area contributed by atoms with Gasteiger partial charge < -0.3 is 35.2 Å². The molecule has 2 rings (SSSR count). The molecule has 2 aromatic rings. The lowest BCUT2D eigenvalue weighted by Crippen LogP contribution is -2.28. The maximum absolute atomic E-state index is 11.5. The van der Waals surface area contributed by atoms with E-state index < -0.39 is 15.9 Å². The van der Waals surface area contributed by atoms with E-state index >= 15 is 0 Å². The van der Waals surface area contributed by atoms with Crippen LogP contribution in [0.15, 0.2) is 12.4 Å². The molecule has 0 aliphatic rings. The number of unbranched alkanes of at least 4 members (excludes halogenated alkanes) is 1. The highest BCUT2D eigenvalue weighted by Gasteiger charge is 2.19. The number of carbonyl (C=O) groups excluding carboxylic acids is 1. The van der Waals surface area contributed by atoms with E-state index in [9.17, 15) is 25.0 Å². The molecule has 0 saturated heterocycles. The van der Waals surface area contributed by atoms with Gasteiger partial charge in [-0.15, -0.1) is 0 Å². The number of rotatable bonds is 13. The van der Waals surface area contributed by atoms with Crippen LogP contribution in [0.2, 0.25) is 0 Å². The van der Waals surface area contributed by atoms with Gasteiger partial charge in [-0.3, -0.25) is 4.90 Å². The smallest absolute Gasteiger partial charge is 0.434 e. The van der Waals surface area contributed by atoms with Crippen molar-refractivity contribution in [1.29, 1.82) is 0 Å². The molecule has 1 N–H and O–H groups in total. The zero-order valence-corrected chi connectivity index (χ0v) is 27.3. The van der Waals surface area contributed by atoms with E-state index in [1.807, 2.05) is 21.0 Å². The third kappa shape index (κ3) is 16.6. The Labute approximate surface area is 250 Å². The summed E-state index contributed by atoms with van der Waals surface area (Å²) in [5.74, 6) is -0.377. The molecule has 0 fully saturated rings. The van der Waals surface area contributed by atoms with Crippen molar-refractivity contribution in [2.45, 2.75) is 79.9 Å². The van der Waals surface area contributed by atoms with Gasteiger partial charge >= 0.3 is 18.0 Å². The fourth-order valence-corrected chi connectivity index (χ4v) is 3.15. The summed E-state index contributed by atoms with van der Waals surface area (Å²) >= 11 is 0. The van der Waals surface area contributed by atoms with Crippen LogP contribution >= 0.6 is 0 Å². The zero-order chi connectivity index (χ0) is 32.7. The Bertz CT molecular complexity index is 1020. The van der Waals surface area contributed by atoms with Crippen LogP contribution in [0.25, 0.3) is 0 Å². The lowest BCUT2D eigenvalue weighted by molar-refractivity contribution is -0.396. The van der Waals surface area contributed by atoms with Gasteiger partial charge in [0.25, 0.3) is 0 Å². The van der Waals surface area contributed by atoms with Crippen LogP contribution < -0.4 is 5.32 Å². The number of amides is 1. The molecule has 0 bridgehead atoms. The second-order valence-corrected chi connectivity index (χ2v) is 9.55. The highest BCUT2D eigenvalue weighted by Crippen LogP contribution is 2.13. The number of ether oxygens (including phenoxy) is 1. The maximum Gasteiger partial charge on any atom is 0.434 e. The Hall–Kier alpha value is -3.59. The van der Waals surface area contributed by atoms with Gasteiger partial charge in [-0.2, -0.15) is 0 Å². The summed E-state index contributed by atoms with van der Waals surface area (Å²) in [6.45, 7) is 13.9. The highest BCUT2D eigenvalue weighted by atomic mass is 16.6. The summed E-state index contributed by atoms with van der Waals surface area (Å²) in [5.41, 5.74) is 1.33. The second-order valence-electron chi connectivity index (χ2n) is 9.55. The minimum atomic E-state index is -0.589. The molecule has 2 heterocycles. The summed E-state index contributed by atoms with van der Waals surface area (Å²) in [4.78, 5) is 42.5. The predicted octanol–water partition coefficient (Wildman–Crippen LogP) is 4.90. The Morgan fingerprint density at radius 3 is 1.69 bits per heavy atom. The van der Waals surface area contributed by atoms with Crippen molar-refractivity contribution in [2.75, 3.05) is 40.8 Å². The largest absolute Gasteiger partial charge is 0.441 e. The van der Waals surface area contributed by atoms with Crippen molar-refractivity contribution >= 4 is 18.0 Å². The monoisotopic (exact) mass is 599 g/mol. The third-order valence-corrected chi connectivity index (χ3v) is 5.70. The first kappa shape index (κ1) is 40.5. The number of nitrogens with one attached hydrogen (secondary N) is 1. The first-order chi connectivity index (χ1) is 19.9. The first-order valence-corrected chi connectivity index (χ1v) is 14.4. The van der Waals surface area contributed by atoms with Crippen LogP contribution in [-0.4, -0.2) is 85.6 Å². The topological polar surface area (TPSA) is 167 Å². The fourth-order valence-electron chi connectivity index (χ4n) is 3.15. The minimum Gasteiger partial charge on any atom is -0.441 e. The second kappa shape index (κ2) is 24.1. The molecule has 42 heavy (non-hydrogen) atoms. The maximum atomic E-state index is 11.5. The van der Waals surface area contributed by atoms with Crippen molar-refractivity contribution in [1.82, 2.24) is 34.2 Å². The number of hydrogen-bond donors (Lipinski definition) is 1. The molecule has 1 amide bonds. The van der Waals surface area contributed by atoms with Crippen molar-refractivity contribution in [3.63, 3.8) is 0 Å². The molecule has 2 aromatic heterocycles. The fraction of sp³-hybridized carbons (Fsp3) is 0.741. The van der Waals surface area contributed by atoms with E-state index in [2.05, 4.69) is 47.9 Å². The third-order valence-electron chi connectivity index (χ3n) is 5.70. The molecular formula is C27H53N9O6. The SMILES string of the molecule is CCCC.CCCN(C)C(=O)OCc1cnc([N+](=O)[O-])n1C.CCCN(C)Cc1cnc([N+](=O)[O-])n1C.CCCNC. The van der Waals surface area contributed by atoms with Crippen LogP contribution in [0.1, 0.15) is 78.1 Å². The molecule has 0 atom stereocenters. The lowest BCUT2D eigenvalue weighted by atomic mass is 10.4. The Morgan fingerprint density at radius 2 is 1.33 bits per heavy atom. The summed E-state index contributed by atoms with van der Waals surface area (Å²) in [6.07, 6.45) is 8.20. The number of hydrogen-bond acceptors (Lipinski definition) is 10. The summed E-state index contributed by atoms with van der Waals surface area (Å²) in [6, 6.07) is 0. The van der Waals surface area contributed by atoms with Crippen LogP contribution in [0.4, 0.5) is 16.7 Å². The van der Waals surface area contributed by atoms with Crippen molar-refractivity contribution in [3.8, 4) is 0 Å². The van der Waals surface area contributed by atoms with Crippen LogP contribution in [0.5, 0.6) is 0 Å². The van der Waals surface area contributed by atoms with E-state index in [1.165, 1.54) is 46.5 Å². The van der Waals surface area contributed by atoms with Gasteiger partial charge in [0.2, 0.25) is 0 Å². The number of carbonyl (C=O) groups is 1. The minimum absolute atomic E-state index is 0.0375. The van der Waals surface area contributed by atoms with Crippen LogP contribution in [-0.2, 0) is 32.0 Å². The average Bonchev–Trinajstić information content (AvgIpc) is 3.50. The summed E-state index contributed by atoms with van der Waals surface area (Å²) < 4.78 is 7.82. The van der Waals surface area contributed by atoms with Gasteiger partial charge in [-0.05, 0) is 56.3 Å². The van der Waals surface area contributed by atoms with Crippen molar-refractivity contribution in [3.05, 3.63) is 44.0 Å². The van der Waals surface area contributed by atoms with Crippen LogP contribution in [0.3, 0.4) is 0 Å². The molecule has 0 aliphatic heterocycles. The predicted molar refractivity (Wildman–Crippen MR) is 164 cm³/mol. The zero-order valence-electron chi connectivity index (χ0n) is 27.3. The molecule has 15 nitrogen and oxygen atoms in total. The Morgan fingerprint density at radius 1 is 0.857 bits per heavy atom. The highest BCUT2D eigenvalue weighted by molar-refractivity contribution is 5.67. The van der Waals surface area contributed by atoms with Gasteiger partial charge in [-0.25, -0.2) is 13.9 Å². The van der Waals surface area contributed by atoms with Crippen molar-refractivity contribution < 1.29 is 19.4 Å². The standard InChI is InChI=1S/C10H16N4O4.C9H16N4O2.C4H11N.C4H10/c1-4-5-12(2)10(15)18-7-8-6-11-9(13(8)3)14(16)17;1-4-5-11(2)7-8-6-10-9(12(8)3)13(14)15;1-3-4-5-2;1-3-4-2/h6H,4-5,7H2,1-3H3;6H,4-5,7H2,1-3H3;5H,3-4H2,1-2H3;3-4H2,1-2H3. The molecular weight excluding hydrogens is 546 g/mol. The number of nitro groups is 2. The number of imidazole rings is 2. The molecule has 0 unspecified atom stereocenters.